The molecule has 0 aromatic carbocycles. The molecule has 1 heterocycles. The number of aryl methyl sites for hydroxylation is 2. The lowest BCUT2D eigenvalue weighted by Gasteiger charge is -2.17. The first-order valence-electron chi connectivity index (χ1n) is 7.63. The molecule has 0 amide bonds. The fraction of sp³-hybridized carbons (Fsp3) is 0.733. The molecule has 4 nitrogen and oxygen atoms in total. The summed E-state index contributed by atoms with van der Waals surface area (Å²) in [5.74, 6) is 0.926. The van der Waals surface area contributed by atoms with E-state index in [0.29, 0.717) is 12.6 Å². The maximum absolute atomic E-state index is 4.69. The van der Waals surface area contributed by atoms with Crippen LogP contribution < -0.4 is 10.6 Å². The van der Waals surface area contributed by atoms with Crippen LogP contribution in [0.4, 0.5) is 0 Å². The van der Waals surface area contributed by atoms with Crippen LogP contribution >= 0.6 is 47.1 Å². The van der Waals surface area contributed by atoms with E-state index in [1.54, 1.807) is 11.3 Å². The van der Waals surface area contributed by atoms with Gasteiger partial charge in [0.05, 0.1) is 12.2 Å². The van der Waals surface area contributed by atoms with Crippen molar-refractivity contribution in [1.29, 1.82) is 0 Å². The standard InChI is InChI=1S/C15H26N4S2.HI/c1-5-16-15(19-12-6-7-13(8-12)20-4)17-9-14-18-10(2)11(3)21-14;/h12-13H,5-9H2,1-4H3,(H2,16,17,19);1H. The van der Waals surface area contributed by atoms with Crippen LogP contribution in [0.2, 0.25) is 0 Å². The monoisotopic (exact) mass is 454 g/mol. The Morgan fingerprint density at radius 3 is 2.73 bits per heavy atom. The molecule has 0 aliphatic heterocycles. The molecule has 1 aromatic rings. The highest BCUT2D eigenvalue weighted by Crippen LogP contribution is 2.28. The van der Waals surface area contributed by atoms with E-state index in [0.717, 1.165) is 28.5 Å². The van der Waals surface area contributed by atoms with E-state index in [2.05, 4.69) is 47.6 Å². The average molecular weight is 454 g/mol. The zero-order valence-corrected chi connectivity index (χ0v) is 17.8. The normalized spacial score (nSPS) is 21.5. The number of guanidine groups is 1. The van der Waals surface area contributed by atoms with Gasteiger partial charge in [-0.15, -0.1) is 35.3 Å². The quantitative estimate of drug-likeness (QED) is 0.405. The van der Waals surface area contributed by atoms with Crippen LogP contribution in [0.1, 0.15) is 41.8 Å². The fourth-order valence-electron chi connectivity index (χ4n) is 2.55. The van der Waals surface area contributed by atoms with Gasteiger partial charge in [-0.1, -0.05) is 0 Å². The molecular weight excluding hydrogens is 427 g/mol. The fourth-order valence-corrected chi connectivity index (χ4v) is 4.21. The number of thiazole rings is 1. The lowest BCUT2D eigenvalue weighted by molar-refractivity contribution is 0.615. The Kier molecular flexibility index (Phi) is 9.08. The van der Waals surface area contributed by atoms with Crippen molar-refractivity contribution in [1.82, 2.24) is 15.6 Å². The van der Waals surface area contributed by atoms with Crippen molar-refractivity contribution in [3.8, 4) is 0 Å². The zero-order chi connectivity index (χ0) is 15.2. The summed E-state index contributed by atoms with van der Waals surface area (Å²) in [5, 5.41) is 8.81. The van der Waals surface area contributed by atoms with E-state index in [4.69, 9.17) is 0 Å². The van der Waals surface area contributed by atoms with E-state index in [1.807, 2.05) is 11.8 Å². The molecule has 0 bridgehead atoms. The molecular formula is C15H27IN4S2. The van der Waals surface area contributed by atoms with Crippen LogP contribution in [0, 0.1) is 13.8 Å². The summed E-state index contributed by atoms with van der Waals surface area (Å²) in [6.07, 6.45) is 6.00. The summed E-state index contributed by atoms with van der Waals surface area (Å²) in [5.41, 5.74) is 1.13. The highest BCUT2D eigenvalue weighted by atomic mass is 127. The minimum absolute atomic E-state index is 0. The van der Waals surface area contributed by atoms with Gasteiger partial charge in [-0.05, 0) is 46.3 Å². The summed E-state index contributed by atoms with van der Waals surface area (Å²) in [6.45, 7) is 7.83. The Morgan fingerprint density at radius 1 is 1.41 bits per heavy atom. The van der Waals surface area contributed by atoms with Crippen molar-refractivity contribution in [2.45, 2.75) is 57.9 Å². The van der Waals surface area contributed by atoms with Crippen LogP contribution in [0.3, 0.4) is 0 Å². The third-order valence-electron chi connectivity index (χ3n) is 3.85. The van der Waals surface area contributed by atoms with Crippen LogP contribution in [0.5, 0.6) is 0 Å². The highest BCUT2D eigenvalue weighted by molar-refractivity contribution is 14.0. The Bertz CT molecular complexity index is 470. The van der Waals surface area contributed by atoms with Gasteiger partial charge in [-0.3, -0.25) is 0 Å². The third-order valence-corrected chi connectivity index (χ3v) is 6.00. The van der Waals surface area contributed by atoms with Gasteiger partial charge in [0.2, 0.25) is 0 Å². The van der Waals surface area contributed by atoms with Gasteiger partial charge < -0.3 is 10.6 Å². The van der Waals surface area contributed by atoms with Crippen LogP contribution in [0.15, 0.2) is 4.99 Å². The lowest BCUT2D eigenvalue weighted by atomic mass is 10.2. The zero-order valence-electron chi connectivity index (χ0n) is 13.8. The molecule has 7 heteroatoms. The minimum Gasteiger partial charge on any atom is -0.357 e. The average Bonchev–Trinajstić information content (AvgIpc) is 3.04. The van der Waals surface area contributed by atoms with Gasteiger partial charge >= 0.3 is 0 Å². The first-order chi connectivity index (χ1) is 10.1. The molecule has 0 saturated heterocycles. The number of thioether (sulfide) groups is 1. The van der Waals surface area contributed by atoms with Gasteiger partial charge in [0.1, 0.15) is 5.01 Å². The van der Waals surface area contributed by atoms with Gasteiger partial charge in [0.15, 0.2) is 5.96 Å². The van der Waals surface area contributed by atoms with Crippen molar-refractivity contribution in [2.75, 3.05) is 12.8 Å². The van der Waals surface area contributed by atoms with E-state index in [1.165, 1.54) is 24.1 Å². The van der Waals surface area contributed by atoms with Crippen LogP contribution in [-0.4, -0.2) is 35.0 Å². The summed E-state index contributed by atoms with van der Waals surface area (Å²) in [6, 6.07) is 0.556. The first kappa shape index (κ1) is 20.0. The highest BCUT2D eigenvalue weighted by Gasteiger charge is 2.24. The number of nitrogens with one attached hydrogen (secondary N) is 2. The molecule has 1 fully saturated rings. The summed E-state index contributed by atoms with van der Waals surface area (Å²) in [4.78, 5) is 10.5. The Hall–Kier alpha value is -0.0200. The molecule has 22 heavy (non-hydrogen) atoms. The molecule has 2 unspecified atom stereocenters. The first-order valence-corrected chi connectivity index (χ1v) is 9.73. The summed E-state index contributed by atoms with van der Waals surface area (Å²) < 4.78 is 0. The van der Waals surface area contributed by atoms with Gasteiger partial charge in [0.25, 0.3) is 0 Å². The Balaban J connectivity index is 0.00000242. The summed E-state index contributed by atoms with van der Waals surface area (Å²) >= 11 is 3.73. The minimum atomic E-state index is 0. The molecule has 1 aliphatic rings. The second kappa shape index (κ2) is 9.97. The van der Waals surface area contributed by atoms with E-state index in [-0.39, 0.29) is 24.0 Å². The van der Waals surface area contributed by atoms with Crippen molar-refractivity contribution in [2.24, 2.45) is 4.99 Å². The van der Waals surface area contributed by atoms with Crippen molar-refractivity contribution in [3.05, 3.63) is 15.6 Å². The third kappa shape index (κ3) is 5.88. The number of hydrogen-bond donors (Lipinski definition) is 2. The maximum atomic E-state index is 4.69. The molecule has 1 aromatic heterocycles. The predicted octanol–water partition coefficient (Wildman–Crippen LogP) is 3.72. The van der Waals surface area contributed by atoms with E-state index < -0.39 is 0 Å². The largest absolute Gasteiger partial charge is 0.357 e. The second-order valence-corrected chi connectivity index (χ2v) is 7.88. The number of rotatable bonds is 5. The number of aromatic nitrogens is 1. The molecule has 2 atom stereocenters. The van der Waals surface area contributed by atoms with Gasteiger partial charge in [-0.25, -0.2) is 9.98 Å². The Morgan fingerprint density at radius 2 is 2.18 bits per heavy atom. The van der Waals surface area contributed by atoms with E-state index >= 15 is 0 Å². The Labute approximate surface area is 159 Å². The predicted molar refractivity (Wildman–Crippen MR) is 110 cm³/mol. The molecule has 0 spiro atoms. The SMILES string of the molecule is CCNC(=NCc1nc(C)c(C)s1)NC1CCC(SC)C1.I. The second-order valence-electron chi connectivity index (χ2n) is 5.46. The van der Waals surface area contributed by atoms with E-state index in [9.17, 15) is 0 Å². The van der Waals surface area contributed by atoms with Gasteiger partial charge in [-0.2, -0.15) is 11.8 Å². The molecule has 2 rings (SSSR count). The number of hydrogen-bond acceptors (Lipinski definition) is 4. The number of nitrogens with zero attached hydrogens (tertiary/aromatic N) is 2. The molecule has 1 aliphatic carbocycles. The van der Waals surface area contributed by atoms with Crippen LogP contribution in [-0.2, 0) is 6.54 Å². The molecule has 0 radical (unpaired) electrons. The molecule has 2 N–H and O–H groups in total. The van der Waals surface area contributed by atoms with Crippen molar-refractivity contribution < 1.29 is 0 Å². The summed E-state index contributed by atoms with van der Waals surface area (Å²) in [7, 11) is 0. The number of aliphatic imine (C=N–C) groups is 1. The van der Waals surface area contributed by atoms with Crippen LogP contribution in [0.25, 0.3) is 0 Å². The lowest BCUT2D eigenvalue weighted by Crippen LogP contribution is -2.42. The molecule has 126 valence electrons. The van der Waals surface area contributed by atoms with Crippen molar-refractivity contribution in [3.63, 3.8) is 0 Å². The van der Waals surface area contributed by atoms with Gasteiger partial charge in [0, 0.05) is 22.7 Å². The topological polar surface area (TPSA) is 49.3 Å². The number of halogens is 1. The van der Waals surface area contributed by atoms with Crippen molar-refractivity contribution >= 4 is 53.0 Å². The maximum Gasteiger partial charge on any atom is 0.191 e. The smallest absolute Gasteiger partial charge is 0.191 e. The molecule has 1 saturated carbocycles.